The van der Waals surface area contributed by atoms with Gasteiger partial charge in [0.15, 0.2) is 0 Å². The molecule has 0 radical (unpaired) electrons. The molecule has 0 saturated heterocycles. The lowest BCUT2D eigenvalue weighted by Gasteiger charge is -2.09. The molecule has 1 unspecified atom stereocenters. The van der Waals surface area contributed by atoms with Gasteiger partial charge in [0.2, 0.25) is 0 Å². The molecule has 0 saturated carbocycles. The fraction of sp³-hybridized carbons (Fsp3) is 0.500. The molecule has 0 fully saturated rings. The molecule has 1 N–H and O–H groups in total. The van der Waals surface area contributed by atoms with E-state index in [9.17, 15) is 9.90 Å². The third-order valence-electron chi connectivity index (χ3n) is 1.85. The number of aromatic nitrogens is 2. The Labute approximate surface area is 88.1 Å². The molecular formula is C10H14N2O3. The smallest absolute Gasteiger partial charge is 0.308 e. The van der Waals surface area contributed by atoms with Gasteiger partial charge >= 0.3 is 5.97 Å². The fourth-order valence-electron chi connectivity index (χ4n) is 1.07. The number of nitrogens with zero attached hydrogens (tertiary/aromatic N) is 2. The van der Waals surface area contributed by atoms with Gasteiger partial charge in [-0.25, -0.2) is 9.97 Å². The van der Waals surface area contributed by atoms with E-state index < -0.39 is 12.1 Å². The van der Waals surface area contributed by atoms with Crippen molar-refractivity contribution in [3.8, 4) is 0 Å². The van der Waals surface area contributed by atoms with Crippen molar-refractivity contribution < 1.29 is 14.6 Å². The van der Waals surface area contributed by atoms with Crippen molar-refractivity contribution in [3.05, 3.63) is 23.8 Å². The average molecular weight is 210 g/mol. The largest absolute Gasteiger partial charge is 0.466 e. The minimum absolute atomic E-state index is 0.0692. The first-order valence-corrected chi connectivity index (χ1v) is 4.75. The maximum absolute atomic E-state index is 11.1. The Hall–Kier alpha value is -1.49. The minimum Gasteiger partial charge on any atom is -0.466 e. The van der Waals surface area contributed by atoms with Crippen LogP contribution in [0.3, 0.4) is 0 Å². The number of esters is 1. The van der Waals surface area contributed by atoms with Crippen LogP contribution in [0.4, 0.5) is 0 Å². The highest BCUT2D eigenvalue weighted by atomic mass is 16.5. The van der Waals surface area contributed by atoms with Crippen LogP contribution in [0, 0.1) is 6.92 Å². The third kappa shape index (κ3) is 3.63. The molecule has 0 aliphatic rings. The quantitative estimate of drug-likeness (QED) is 0.743. The number of rotatable bonds is 4. The van der Waals surface area contributed by atoms with Crippen molar-refractivity contribution in [1.29, 1.82) is 0 Å². The van der Waals surface area contributed by atoms with Gasteiger partial charge in [0, 0.05) is 18.0 Å². The van der Waals surface area contributed by atoms with Crippen LogP contribution < -0.4 is 0 Å². The lowest BCUT2D eigenvalue weighted by Crippen LogP contribution is -2.10. The van der Waals surface area contributed by atoms with Crippen molar-refractivity contribution in [3.63, 3.8) is 0 Å². The van der Waals surface area contributed by atoms with E-state index in [2.05, 4.69) is 9.97 Å². The number of ether oxygens (including phenoxy) is 1. The van der Waals surface area contributed by atoms with Crippen molar-refractivity contribution in [1.82, 2.24) is 9.97 Å². The molecule has 0 aliphatic heterocycles. The van der Waals surface area contributed by atoms with Crippen molar-refractivity contribution in [2.45, 2.75) is 26.4 Å². The Morgan fingerprint density at radius 2 is 2.13 bits per heavy atom. The number of hydrogen-bond donors (Lipinski definition) is 1. The molecular weight excluding hydrogens is 196 g/mol. The second-order valence-corrected chi connectivity index (χ2v) is 3.09. The van der Waals surface area contributed by atoms with Crippen molar-refractivity contribution >= 4 is 5.97 Å². The van der Waals surface area contributed by atoms with E-state index in [1.807, 2.05) is 0 Å². The summed E-state index contributed by atoms with van der Waals surface area (Å²) in [6.45, 7) is 3.79. The summed E-state index contributed by atoms with van der Waals surface area (Å²) in [5, 5.41) is 9.63. The van der Waals surface area contributed by atoms with Crippen LogP contribution in [-0.4, -0.2) is 27.7 Å². The third-order valence-corrected chi connectivity index (χ3v) is 1.85. The number of carbonyl (C=O) groups is 1. The van der Waals surface area contributed by atoms with E-state index in [0.29, 0.717) is 18.0 Å². The van der Waals surface area contributed by atoms with E-state index in [-0.39, 0.29) is 6.42 Å². The van der Waals surface area contributed by atoms with Crippen LogP contribution in [0.15, 0.2) is 12.4 Å². The second kappa shape index (κ2) is 5.41. The van der Waals surface area contributed by atoms with Gasteiger partial charge in [-0.15, -0.1) is 0 Å². The number of hydrogen-bond acceptors (Lipinski definition) is 5. The topological polar surface area (TPSA) is 72.3 Å². The summed E-state index contributed by atoms with van der Waals surface area (Å²) in [6, 6.07) is 0. The highest BCUT2D eigenvalue weighted by Gasteiger charge is 2.14. The standard InChI is InChI=1S/C10H14N2O3/c1-3-15-10(14)4-9(13)8-5-11-7(2)12-6-8/h5-6,9,13H,3-4H2,1-2H3. The fourth-order valence-corrected chi connectivity index (χ4v) is 1.07. The summed E-state index contributed by atoms with van der Waals surface area (Å²) in [5.41, 5.74) is 0.522. The molecule has 1 heterocycles. The Balaban J connectivity index is 2.57. The maximum Gasteiger partial charge on any atom is 0.308 e. The molecule has 0 bridgehead atoms. The van der Waals surface area contributed by atoms with Gasteiger partial charge in [0.1, 0.15) is 5.82 Å². The van der Waals surface area contributed by atoms with E-state index in [0.717, 1.165) is 0 Å². The molecule has 5 heteroatoms. The summed E-state index contributed by atoms with van der Waals surface area (Å²) in [5.74, 6) is 0.202. The Morgan fingerprint density at radius 3 is 2.67 bits per heavy atom. The summed E-state index contributed by atoms with van der Waals surface area (Å²) in [6.07, 6.45) is 2.04. The number of aliphatic hydroxyl groups is 1. The van der Waals surface area contributed by atoms with Gasteiger partial charge in [-0.05, 0) is 13.8 Å². The normalized spacial score (nSPS) is 12.2. The zero-order chi connectivity index (χ0) is 11.3. The number of carbonyl (C=O) groups excluding carboxylic acids is 1. The van der Waals surface area contributed by atoms with Gasteiger partial charge in [-0.3, -0.25) is 4.79 Å². The van der Waals surface area contributed by atoms with E-state index in [4.69, 9.17) is 4.74 Å². The van der Waals surface area contributed by atoms with Crippen molar-refractivity contribution in [2.75, 3.05) is 6.61 Å². The van der Waals surface area contributed by atoms with Gasteiger partial charge < -0.3 is 9.84 Å². The monoisotopic (exact) mass is 210 g/mol. The number of aliphatic hydroxyl groups excluding tert-OH is 1. The van der Waals surface area contributed by atoms with Gasteiger partial charge in [0.05, 0.1) is 19.1 Å². The number of aryl methyl sites for hydroxylation is 1. The second-order valence-electron chi connectivity index (χ2n) is 3.09. The van der Waals surface area contributed by atoms with E-state index >= 15 is 0 Å². The summed E-state index contributed by atoms with van der Waals surface area (Å²) in [4.78, 5) is 18.9. The first-order chi connectivity index (χ1) is 7.13. The van der Waals surface area contributed by atoms with Gasteiger partial charge in [-0.1, -0.05) is 0 Å². The molecule has 15 heavy (non-hydrogen) atoms. The summed E-state index contributed by atoms with van der Waals surface area (Å²) < 4.78 is 4.72. The first kappa shape index (κ1) is 11.6. The molecule has 5 nitrogen and oxygen atoms in total. The van der Waals surface area contributed by atoms with Crippen LogP contribution in [0.2, 0.25) is 0 Å². The van der Waals surface area contributed by atoms with E-state index in [1.165, 1.54) is 12.4 Å². The molecule has 1 aromatic rings. The zero-order valence-electron chi connectivity index (χ0n) is 8.80. The lowest BCUT2D eigenvalue weighted by atomic mass is 10.1. The van der Waals surface area contributed by atoms with Crippen molar-refractivity contribution in [2.24, 2.45) is 0 Å². The maximum atomic E-state index is 11.1. The zero-order valence-corrected chi connectivity index (χ0v) is 8.80. The SMILES string of the molecule is CCOC(=O)CC(O)c1cnc(C)nc1. The summed E-state index contributed by atoms with van der Waals surface area (Å²) in [7, 11) is 0. The van der Waals surface area contributed by atoms with Gasteiger partial charge in [-0.2, -0.15) is 0 Å². The molecule has 0 aromatic carbocycles. The van der Waals surface area contributed by atoms with Crippen LogP contribution in [0.5, 0.6) is 0 Å². The highest BCUT2D eigenvalue weighted by Crippen LogP contribution is 2.14. The lowest BCUT2D eigenvalue weighted by molar-refractivity contribution is -0.145. The van der Waals surface area contributed by atoms with Crippen LogP contribution in [0.25, 0.3) is 0 Å². The summed E-state index contributed by atoms with van der Waals surface area (Å²) >= 11 is 0. The molecule has 1 aromatic heterocycles. The Kier molecular flexibility index (Phi) is 4.17. The first-order valence-electron chi connectivity index (χ1n) is 4.75. The molecule has 82 valence electrons. The molecule has 0 spiro atoms. The molecule has 0 amide bonds. The highest BCUT2D eigenvalue weighted by molar-refractivity contribution is 5.70. The van der Waals surface area contributed by atoms with Crippen LogP contribution >= 0.6 is 0 Å². The van der Waals surface area contributed by atoms with E-state index in [1.54, 1.807) is 13.8 Å². The average Bonchev–Trinajstić information content (AvgIpc) is 2.18. The van der Waals surface area contributed by atoms with Crippen LogP contribution in [0.1, 0.15) is 30.8 Å². The Morgan fingerprint density at radius 1 is 1.53 bits per heavy atom. The predicted molar refractivity (Wildman–Crippen MR) is 53.0 cm³/mol. The minimum atomic E-state index is -0.898. The molecule has 1 atom stereocenters. The molecule has 1 rings (SSSR count). The van der Waals surface area contributed by atoms with Crippen LogP contribution in [-0.2, 0) is 9.53 Å². The predicted octanol–water partition coefficient (Wildman–Crippen LogP) is 0.772. The molecule has 0 aliphatic carbocycles. The van der Waals surface area contributed by atoms with Gasteiger partial charge in [0.25, 0.3) is 0 Å². The Bertz CT molecular complexity index is 324.